The number of hydrogen-bond acceptors (Lipinski definition) is 7. The standard InChI is InChI=1S/C20H19N3O3S2/c1-13-11-27-20(21-13)28-12-19(24)23-17(18-4-3-9-26-18)10-16(22-23)14-5-7-15(25-2)8-6-14/h3-9,11,17H,10,12H2,1-2H3/t17-/m1/s1. The number of hydrogen-bond donors (Lipinski definition) is 0. The average Bonchev–Trinajstić information content (AvgIpc) is 3.46. The zero-order valence-corrected chi connectivity index (χ0v) is 17.1. The number of furan rings is 1. The average molecular weight is 414 g/mol. The van der Waals surface area contributed by atoms with Crippen molar-refractivity contribution in [2.24, 2.45) is 5.10 Å². The minimum Gasteiger partial charge on any atom is -0.497 e. The van der Waals surface area contributed by atoms with E-state index in [0.29, 0.717) is 6.42 Å². The highest BCUT2D eigenvalue weighted by molar-refractivity contribution is 8.01. The second-order valence-corrected chi connectivity index (χ2v) is 8.37. The number of aryl methyl sites for hydroxylation is 1. The molecule has 0 spiro atoms. The van der Waals surface area contributed by atoms with Crippen LogP contribution in [0.3, 0.4) is 0 Å². The Labute approximate surface area is 171 Å². The number of ether oxygens (including phenoxy) is 1. The van der Waals surface area contributed by atoms with Gasteiger partial charge in [0.1, 0.15) is 17.6 Å². The molecular weight excluding hydrogens is 394 g/mol. The fraction of sp³-hybridized carbons (Fsp3) is 0.250. The molecule has 0 bridgehead atoms. The summed E-state index contributed by atoms with van der Waals surface area (Å²) in [5, 5.41) is 8.17. The summed E-state index contributed by atoms with van der Waals surface area (Å²) in [5.41, 5.74) is 2.79. The smallest absolute Gasteiger partial charge is 0.253 e. The Hall–Kier alpha value is -2.58. The van der Waals surface area contributed by atoms with Gasteiger partial charge in [-0.3, -0.25) is 4.79 Å². The van der Waals surface area contributed by atoms with Gasteiger partial charge in [0.2, 0.25) is 0 Å². The lowest BCUT2D eigenvalue weighted by molar-refractivity contribution is -0.130. The first-order valence-corrected chi connectivity index (χ1v) is 10.6. The number of benzene rings is 1. The molecule has 0 unspecified atom stereocenters. The van der Waals surface area contributed by atoms with Gasteiger partial charge in [0.15, 0.2) is 4.34 Å². The van der Waals surface area contributed by atoms with Crippen LogP contribution in [0, 0.1) is 6.92 Å². The Kier molecular flexibility index (Phi) is 5.50. The van der Waals surface area contributed by atoms with Gasteiger partial charge in [-0.25, -0.2) is 9.99 Å². The second kappa shape index (κ2) is 8.20. The molecule has 3 heterocycles. The summed E-state index contributed by atoms with van der Waals surface area (Å²) < 4.78 is 11.7. The van der Waals surface area contributed by atoms with E-state index in [1.807, 2.05) is 48.7 Å². The topological polar surface area (TPSA) is 67.9 Å². The molecule has 3 aromatic rings. The number of hydrazone groups is 1. The van der Waals surface area contributed by atoms with Gasteiger partial charge >= 0.3 is 0 Å². The fourth-order valence-electron chi connectivity index (χ4n) is 2.99. The summed E-state index contributed by atoms with van der Waals surface area (Å²) >= 11 is 2.99. The predicted octanol–water partition coefficient (Wildman–Crippen LogP) is 4.52. The lowest BCUT2D eigenvalue weighted by Gasteiger charge is -2.19. The molecule has 0 saturated heterocycles. The third-order valence-electron chi connectivity index (χ3n) is 4.38. The van der Waals surface area contributed by atoms with Crippen LogP contribution < -0.4 is 4.74 Å². The van der Waals surface area contributed by atoms with E-state index < -0.39 is 0 Å². The fourth-order valence-corrected chi connectivity index (χ4v) is 4.69. The van der Waals surface area contributed by atoms with E-state index in [-0.39, 0.29) is 17.7 Å². The van der Waals surface area contributed by atoms with E-state index in [0.717, 1.165) is 32.8 Å². The molecule has 1 aliphatic rings. The molecule has 0 saturated carbocycles. The molecule has 0 fully saturated rings. The van der Waals surface area contributed by atoms with Gasteiger partial charge < -0.3 is 9.15 Å². The first-order valence-electron chi connectivity index (χ1n) is 8.76. The Morgan fingerprint density at radius 2 is 2.18 bits per heavy atom. The third kappa shape index (κ3) is 3.98. The number of methoxy groups -OCH3 is 1. The molecule has 0 aliphatic carbocycles. The van der Waals surface area contributed by atoms with Crippen molar-refractivity contribution in [1.82, 2.24) is 9.99 Å². The second-order valence-electron chi connectivity index (χ2n) is 6.29. The van der Waals surface area contributed by atoms with Crippen LogP contribution in [0.2, 0.25) is 0 Å². The molecule has 144 valence electrons. The molecular formula is C20H19N3O3S2. The lowest BCUT2D eigenvalue weighted by atomic mass is 10.0. The van der Waals surface area contributed by atoms with E-state index in [9.17, 15) is 4.79 Å². The van der Waals surface area contributed by atoms with Crippen LogP contribution in [0.4, 0.5) is 0 Å². The monoisotopic (exact) mass is 413 g/mol. The highest BCUT2D eigenvalue weighted by Gasteiger charge is 2.34. The van der Waals surface area contributed by atoms with E-state index in [4.69, 9.17) is 9.15 Å². The van der Waals surface area contributed by atoms with Crippen molar-refractivity contribution in [3.05, 3.63) is 65.1 Å². The highest BCUT2D eigenvalue weighted by Crippen LogP contribution is 2.34. The maximum Gasteiger partial charge on any atom is 0.253 e. The Bertz CT molecular complexity index is 981. The molecule has 28 heavy (non-hydrogen) atoms. The van der Waals surface area contributed by atoms with Crippen LogP contribution in [-0.4, -0.2) is 34.5 Å². The largest absolute Gasteiger partial charge is 0.497 e. The van der Waals surface area contributed by atoms with Gasteiger partial charge in [0.05, 0.1) is 24.8 Å². The quantitative estimate of drug-likeness (QED) is 0.556. The number of carbonyl (C=O) groups is 1. The number of rotatable bonds is 6. The summed E-state index contributed by atoms with van der Waals surface area (Å²) in [7, 11) is 1.64. The van der Waals surface area contributed by atoms with Gasteiger partial charge in [-0.2, -0.15) is 5.10 Å². The molecule has 2 aromatic heterocycles. The first kappa shape index (κ1) is 18.8. The molecule has 0 radical (unpaired) electrons. The minimum absolute atomic E-state index is 0.0669. The van der Waals surface area contributed by atoms with E-state index >= 15 is 0 Å². The number of nitrogens with zero attached hydrogens (tertiary/aromatic N) is 3. The van der Waals surface area contributed by atoms with Crippen LogP contribution in [0.1, 0.15) is 29.5 Å². The van der Waals surface area contributed by atoms with Crippen molar-refractivity contribution in [2.75, 3.05) is 12.9 Å². The highest BCUT2D eigenvalue weighted by atomic mass is 32.2. The summed E-state index contributed by atoms with van der Waals surface area (Å²) in [5.74, 6) is 1.73. The molecule has 4 rings (SSSR count). The Balaban J connectivity index is 1.55. The van der Waals surface area contributed by atoms with Crippen LogP contribution in [-0.2, 0) is 4.79 Å². The molecule has 6 nitrogen and oxygen atoms in total. The molecule has 1 amide bonds. The van der Waals surface area contributed by atoms with Crippen LogP contribution in [0.5, 0.6) is 5.75 Å². The van der Waals surface area contributed by atoms with Crippen molar-refractivity contribution >= 4 is 34.7 Å². The maximum absolute atomic E-state index is 12.9. The third-order valence-corrected chi connectivity index (χ3v) is 6.50. The Morgan fingerprint density at radius 3 is 2.82 bits per heavy atom. The van der Waals surface area contributed by atoms with E-state index in [2.05, 4.69) is 10.1 Å². The van der Waals surface area contributed by atoms with Crippen molar-refractivity contribution in [3.8, 4) is 5.75 Å². The first-order chi connectivity index (χ1) is 13.6. The van der Waals surface area contributed by atoms with Crippen molar-refractivity contribution in [2.45, 2.75) is 23.7 Å². The van der Waals surface area contributed by atoms with Crippen molar-refractivity contribution in [1.29, 1.82) is 0 Å². The SMILES string of the molecule is COc1ccc(C2=NN(C(=O)CSc3nc(C)cs3)[C@@H](c3ccco3)C2)cc1. The van der Waals surface area contributed by atoms with Gasteiger partial charge in [0.25, 0.3) is 5.91 Å². The molecule has 8 heteroatoms. The summed E-state index contributed by atoms with van der Waals surface area (Å²) in [6, 6.07) is 11.2. The van der Waals surface area contributed by atoms with Gasteiger partial charge in [-0.1, -0.05) is 11.8 Å². The lowest BCUT2D eigenvalue weighted by Crippen LogP contribution is -2.28. The molecule has 1 aromatic carbocycles. The van der Waals surface area contributed by atoms with E-state index in [1.54, 1.807) is 29.7 Å². The van der Waals surface area contributed by atoms with Crippen molar-refractivity contribution < 1.29 is 13.9 Å². The van der Waals surface area contributed by atoms with E-state index in [1.165, 1.54) is 11.8 Å². The minimum atomic E-state index is -0.238. The number of aromatic nitrogens is 1. The van der Waals surface area contributed by atoms with Crippen LogP contribution >= 0.6 is 23.1 Å². The number of carbonyl (C=O) groups excluding carboxylic acids is 1. The van der Waals surface area contributed by atoms with Crippen molar-refractivity contribution in [3.63, 3.8) is 0 Å². The Morgan fingerprint density at radius 1 is 1.36 bits per heavy atom. The molecule has 1 aliphatic heterocycles. The molecule has 0 N–H and O–H groups in total. The molecule has 1 atom stereocenters. The zero-order chi connectivity index (χ0) is 19.5. The van der Waals surface area contributed by atoms with Gasteiger partial charge in [-0.15, -0.1) is 11.3 Å². The maximum atomic E-state index is 12.9. The number of thiazole rings is 1. The van der Waals surface area contributed by atoms with Crippen LogP contribution in [0.15, 0.2) is 61.9 Å². The number of amides is 1. The normalized spacial score (nSPS) is 16.3. The predicted molar refractivity (Wildman–Crippen MR) is 110 cm³/mol. The summed E-state index contributed by atoms with van der Waals surface area (Å²) in [6.45, 7) is 1.95. The summed E-state index contributed by atoms with van der Waals surface area (Å²) in [6.07, 6.45) is 2.23. The zero-order valence-electron chi connectivity index (χ0n) is 15.5. The van der Waals surface area contributed by atoms with Gasteiger partial charge in [-0.05, 0) is 48.9 Å². The van der Waals surface area contributed by atoms with Crippen LogP contribution in [0.25, 0.3) is 0 Å². The number of thioether (sulfide) groups is 1. The summed E-state index contributed by atoms with van der Waals surface area (Å²) in [4.78, 5) is 17.3. The van der Waals surface area contributed by atoms with Gasteiger partial charge in [0, 0.05) is 17.5 Å².